The van der Waals surface area contributed by atoms with Crippen LogP contribution in [0.2, 0.25) is 0 Å². The van der Waals surface area contributed by atoms with Crippen LogP contribution in [0, 0.1) is 6.92 Å². The van der Waals surface area contributed by atoms with E-state index in [2.05, 4.69) is 15.2 Å². The average molecular weight is 266 g/mol. The van der Waals surface area contributed by atoms with Gasteiger partial charge in [0.05, 0.1) is 0 Å². The summed E-state index contributed by atoms with van der Waals surface area (Å²) < 4.78 is 6.98. The maximum Gasteiger partial charge on any atom is 0.283 e. The highest BCUT2D eigenvalue weighted by atomic mass is 32.2. The Morgan fingerprint density at radius 3 is 3.12 bits per heavy atom. The molecular weight excluding hydrogens is 260 g/mol. The van der Waals surface area contributed by atoms with Crippen molar-refractivity contribution in [3.8, 4) is 0 Å². The second kappa shape index (κ2) is 3.97. The molecule has 0 spiro atoms. The van der Waals surface area contributed by atoms with Crippen LogP contribution in [0.3, 0.4) is 0 Å². The van der Waals surface area contributed by atoms with E-state index < -0.39 is 0 Å². The molecule has 3 rings (SSSR count). The zero-order chi connectivity index (χ0) is 11.8. The summed E-state index contributed by atoms with van der Waals surface area (Å²) in [5.41, 5.74) is 0.502. The van der Waals surface area contributed by atoms with Crippen LogP contribution in [-0.4, -0.2) is 25.9 Å². The Bertz CT molecular complexity index is 684. The molecule has 0 bridgehead atoms. The Morgan fingerprint density at radius 2 is 2.41 bits per heavy atom. The van der Waals surface area contributed by atoms with Gasteiger partial charge in [-0.25, -0.2) is 4.98 Å². The lowest BCUT2D eigenvalue weighted by atomic mass is 10.5. The first kappa shape index (κ1) is 10.5. The molecule has 0 radical (unpaired) electrons. The summed E-state index contributed by atoms with van der Waals surface area (Å²) in [4.78, 5) is 16.2. The van der Waals surface area contributed by atoms with Crippen LogP contribution in [0.1, 0.15) is 16.4 Å². The maximum atomic E-state index is 11.1. The lowest BCUT2D eigenvalue weighted by Crippen LogP contribution is -1.88. The SMILES string of the molecule is Cc1nnc(Sc2nc3sccn3c2C=O)o1. The largest absolute Gasteiger partial charge is 0.416 e. The summed E-state index contributed by atoms with van der Waals surface area (Å²) in [5.74, 6) is 0.487. The van der Waals surface area contributed by atoms with Crippen LogP contribution in [0.5, 0.6) is 0 Å². The molecule has 17 heavy (non-hydrogen) atoms. The van der Waals surface area contributed by atoms with E-state index in [1.165, 1.54) is 23.1 Å². The van der Waals surface area contributed by atoms with E-state index in [1.807, 2.05) is 5.38 Å². The monoisotopic (exact) mass is 266 g/mol. The molecule has 0 aliphatic carbocycles. The van der Waals surface area contributed by atoms with E-state index in [0.29, 0.717) is 21.8 Å². The molecule has 0 amide bonds. The number of aryl methyl sites for hydroxylation is 1. The molecule has 0 aliphatic rings. The van der Waals surface area contributed by atoms with Gasteiger partial charge in [-0.15, -0.1) is 21.5 Å². The Balaban J connectivity index is 2.04. The Hall–Kier alpha value is -1.67. The van der Waals surface area contributed by atoms with Gasteiger partial charge in [-0.05, 0) is 11.8 Å². The predicted octanol–water partition coefficient (Wildman–Crippen LogP) is 2.05. The molecule has 0 atom stereocenters. The number of aldehydes is 1. The summed E-state index contributed by atoms with van der Waals surface area (Å²) in [5, 5.41) is 10.4. The van der Waals surface area contributed by atoms with Crippen molar-refractivity contribution in [2.24, 2.45) is 0 Å². The minimum absolute atomic E-state index is 0.386. The topological polar surface area (TPSA) is 73.3 Å². The molecule has 0 unspecified atom stereocenters. The molecule has 3 aromatic heterocycles. The molecule has 0 fully saturated rings. The van der Waals surface area contributed by atoms with Gasteiger partial charge in [0.15, 0.2) is 11.2 Å². The molecule has 0 saturated carbocycles. The third-order valence-corrected chi connectivity index (χ3v) is 3.66. The van der Waals surface area contributed by atoms with E-state index in [1.54, 1.807) is 17.5 Å². The number of fused-ring (bicyclic) bond motifs is 1. The first-order chi connectivity index (χ1) is 8.28. The number of carbonyl (C=O) groups is 1. The number of hydrogen-bond donors (Lipinski definition) is 0. The van der Waals surface area contributed by atoms with Gasteiger partial charge in [0.25, 0.3) is 5.22 Å². The molecule has 86 valence electrons. The minimum Gasteiger partial charge on any atom is -0.416 e. The molecule has 0 aliphatic heterocycles. The van der Waals surface area contributed by atoms with Crippen LogP contribution in [0.4, 0.5) is 0 Å². The third kappa shape index (κ3) is 1.75. The standard InChI is InChI=1S/C9H6N4O2S2/c1-5-11-12-9(15-5)17-7-6(4-14)13-2-3-16-8(13)10-7/h2-4H,1H3. The summed E-state index contributed by atoms with van der Waals surface area (Å²) in [6.07, 6.45) is 2.58. The third-order valence-electron chi connectivity index (χ3n) is 2.07. The summed E-state index contributed by atoms with van der Waals surface area (Å²) >= 11 is 2.66. The number of imidazole rings is 1. The van der Waals surface area contributed by atoms with E-state index in [9.17, 15) is 4.79 Å². The fourth-order valence-electron chi connectivity index (χ4n) is 1.37. The fourth-order valence-corrected chi connectivity index (χ4v) is 2.94. The summed E-state index contributed by atoms with van der Waals surface area (Å²) in [6.45, 7) is 1.71. The smallest absolute Gasteiger partial charge is 0.283 e. The fraction of sp³-hybridized carbons (Fsp3) is 0.111. The summed E-state index contributed by atoms with van der Waals surface area (Å²) in [6, 6.07) is 0. The van der Waals surface area contributed by atoms with Gasteiger partial charge in [-0.2, -0.15) is 0 Å². The number of rotatable bonds is 3. The molecule has 0 N–H and O–H groups in total. The number of nitrogens with zero attached hydrogens (tertiary/aromatic N) is 4. The Labute approximate surface area is 104 Å². The van der Waals surface area contributed by atoms with E-state index >= 15 is 0 Å². The quantitative estimate of drug-likeness (QED) is 0.675. The first-order valence-electron chi connectivity index (χ1n) is 4.66. The van der Waals surface area contributed by atoms with Gasteiger partial charge < -0.3 is 4.42 Å². The first-order valence-corrected chi connectivity index (χ1v) is 6.36. The lowest BCUT2D eigenvalue weighted by Gasteiger charge is -1.91. The highest BCUT2D eigenvalue weighted by molar-refractivity contribution is 7.99. The van der Waals surface area contributed by atoms with Crippen LogP contribution < -0.4 is 0 Å². The number of thiazole rings is 1. The van der Waals surface area contributed by atoms with Crippen molar-refractivity contribution in [3.05, 3.63) is 23.2 Å². The minimum atomic E-state index is 0.386. The van der Waals surface area contributed by atoms with Crippen molar-refractivity contribution in [1.29, 1.82) is 0 Å². The molecular formula is C9H6N4O2S2. The molecule has 3 aromatic rings. The van der Waals surface area contributed by atoms with Gasteiger partial charge in [-0.1, -0.05) is 0 Å². The number of carbonyl (C=O) groups excluding carboxylic acids is 1. The van der Waals surface area contributed by atoms with Crippen LogP contribution in [0.15, 0.2) is 26.2 Å². The van der Waals surface area contributed by atoms with Crippen molar-refractivity contribution < 1.29 is 9.21 Å². The highest BCUT2D eigenvalue weighted by Gasteiger charge is 2.16. The van der Waals surface area contributed by atoms with Crippen molar-refractivity contribution >= 4 is 34.3 Å². The van der Waals surface area contributed by atoms with E-state index in [-0.39, 0.29) is 0 Å². The van der Waals surface area contributed by atoms with Crippen LogP contribution >= 0.6 is 23.1 Å². The molecule has 0 aromatic carbocycles. The van der Waals surface area contributed by atoms with Crippen molar-refractivity contribution in [3.63, 3.8) is 0 Å². The number of aromatic nitrogens is 4. The van der Waals surface area contributed by atoms with Crippen molar-refractivity contribution in [2.75, 3.05) is 0 Å². The van der Waals surface area contributed by atoms with Gasteiger partial charge in [0, 0.05) is 18.5 Å². The second-order valence-electron chi connectivity index (χ2n) is 3.16. The van der Waals surface area contributed by atoms with Gasteiger partial charge in [-0.3, -0.25) is 9.20 Å². The van der Waals surface area contributed by atoms with Crippen LogP contribution in [0.25, 0.3) is 4.96 Å². The Morgan fingerprint density at radius 1 is 1.53 bits per heavy atom. The normalized spacial score (nSPS) is 11.1. The molecule has 0 saturated heterocycles. The van der Waals surface area contributed by atoms with Gasteiger partial charge in [0.2, 0.25) is 5.89 Å². The zero-order valence-electron chi connectivity index (χ0n) is 8.65. The zero-order valence-corrected chi connectivity index (χ0v) is 10.3. The van der Waals surface area contributed by atoms with Gasteiger partial charge >= 0.3 is 0 Å². The van der Waals surface area contributed by atoms with E-state index in [4.69, 9.17) is 4.42 Å². The predicted molar refractivity (Wildman–Crippen MR) is 61.6 cm³/mol. The second-order valence-corrected chi connectivity index (χ2v) is 4.98. The summed E-state index contributed by atoms with van der Waals surface area (Å²) in [7, 11) is 0. The lowest BCUT2D eigenvalue weighted by molar-refractivity contribution is 0.111. The molecule has 3 heterocycles. The maximum absolute atomic E-state index is 11.1. The van der Waals surface area contributed by atoms with E-state index in [0.717, 1.165) is 11.2 Å². The van der Waals surface area contributed by atoms with Crippen LogP contribution in [-0.2, 0) is 0 Å². The molecule has 8 heteroatoms. The number of hydrogen-bond acceptors (Lipinski definition) is 7. The highest BCUT2D eigenvalue weighted by Crippen LogP contribution is 2.29. The van der Waals surface area contributed by atoms with Crippen molar-refractivity contribution in [1.82, 2.24) is 19.6 Å². The average Bonchev–Trinajstić information content (AvgIpc) is 2.95. The Kier molecular flexibility index (Phi) is 2.45. The van der Waals surface area contributed by atoms with Gasteiger partial charge in [0.1, 0.15) is 10.7 Å². The molecule has 6 nitrogen and oxygen atoms in total. The van der Waals surface area contributed by atoms with Crippen molar-refractivity contribution in [2.45, 2.75) is 17.2 Å².